The third-order valence-corrected chi connectivity index (χ3v) is 3.42. The Hall–Kier alpha value is -1.18. The van der Waals surface area contributed by atoms with Crippen molar-refractivity contribution in [2.45, 2.75) is 0 Å². The molecule has 0 aromatic carbocycles. The van der Waals surface area contributed by atoms with Gasteiger partial charge in [-0.25, -0.2) is 4.98 Å². The molecule has 2 heterocycles. The summed E-state index contributed by atoms with van der Waals surface area (Å²) in [7, 11) is 0. The third kappa shape index (κ3) is 4.59. The first kappa shape index (κ1) is 13.3. The number of anilines is 1. The van der Waals surface area contributed by atoms with Crippen LogP contribution in [-0.4, -0.2) is 61.7 Å². The van der Waals surface area contributed by atoms with Gasteiger partial charge in [-0.2, -0.15) is 0 Å². The Morgan fingerprint density at radius 2 is 2.33 bits per heavy atom. The lowest BCUT2D eigenvalue weighted by Crippen LogP contribution is -2.42. The number of ether oxygens (including phenoxy) is 1. The number of aromatic nitrogens is 1. The molecule has 1 amide bonds. The fourth-order valence-electron chi connectivity index (χ4n) is 1.71. The monoisotopic (exact) mass is 270 g/mol. The molecule has 100 valence electrons. The molecule has 18 heavy (non-hydrogen) atoms. The fourth-order valence-corrected chi connectivity index (χ4v) is 2.24. The van der Waals surface area contributed by atoms with E-state index in [9.17, 15) is 4.79 Å². The summed E-state index contributed by atoms with van der Waals surface area (Å²) in [6.45, 7) is 5.32. The van der Waals surface area contributed by atoms with Gasteiger partial charge in [-0.15, -0.1) is 11.3 Å². The van der Waals surface area contributed by atoms with E-state index >= 15 is 0 Å². The predicted molar refractivity (Wildman–Crippen MR) is 70.9 cm³/mol. The molecule has 0 aliphatic carbocycles. The van der Waals surface area contributed by atoms with E-state index in [-0.39, 0.29) is 12.5 Å². The van der Waals surface area contributed by atoms with Crippen LogP contribution in [0.25, 0.3) is 0 Å². The summed E-state index contributed by atoms with van der Waals surface area (Å²) >= 11 is 1.49. The van der Waals surface area contributed by atoms with Gasteiger partial charge < -0.3 is 15.4 Å². The molecule has 1 aromatic heterocycles. The second-order valence-corrected chi connectivity index (χ2v) is 4.89. The Balaban J connectivity index is 1.54. The number of rotatable bonds is 6. The number of thiazole rings is 1. The van der Waals surface area contributed by atoms with Gasteiger partial charge in [0.1, 0.15) is 0 Å². The van der Waals surface area contributed by atoms with E-state index in [1.54, 1.807) is 6.20 Å². The zero-order valence-corrected chi connectivity index (χ0v) is 11.0. The number of nitrogens with zero attached hydrogens (tertiary/aromatic N) is 2. The van der Waals surface area contributed by atoms with Crippen LogP contribution in [0.1, 0.15) is 0 Å². The second-order valence-electron chi connectivity index (χ2n) is 3.99. The van der Waals surface area contributed by atoms with Crippen molar-refractivity contribution in [3.05, 3.63) is 11.6 Å². The minimum absolute atomic E-state index is 0.00143. The average molecular weight is 270 g/mol. The van der Waals surface area contributed by atoms with E-state index < -0.39 is 0 Å². The van der Waals surface area contributed by atoms with Gasteiger partial charge >= 0.3 is 0 Å². The maximum Gasteiger partial charge on any atom is 0.239 e. The van der Waals surface area contributed by atoms with Crippen molar-refractivity contribution in [2.24, 2.45) is 0 Å². The lowest BCUT2D eigenvalue weighted by Gasteiger charge is -2.26. The molecule has 0 saturated carbocycles. The number of hydrogen-bond donors (Lipinski definition) is 2. The summed E-state index contributed by atoms with van der Waals surface area (Å²) in [6, 6.07) is 0. The quantitative estimate of drug-likeness (QED) is 0.762. The van der Waals surface area contributed by atoms with Crippen LogP contribution in [0.5, 0.6) is 0 Å². The first-order valence-corrected chi connectivity index (χ1v) is 6.93. The lowest BCUT2D eigenvalue weighted by molar-refractivity contribution is -0.119. The Kier molecular flexibility index (Phi) is 5.37. The molecular weight excluding hydrogens is 252 g/mol. The molecule has 7 heteroatoms. The summed E-state index contributed by atoms with van der Waals surface area (Å²) in [4.78, 5) is 17.9. The van der Waals surface area contributed by atoms with Gasteiger partial charge in [0.2, 0.25) is 5.91 Å². The number of hydrogen-bond acceptors (Lipinski definition) is 6. The van der Waals surface area contributed by atoms with Crippen molar-refractivity contribution >= 4 is 22.4 Å². The molecule has 0 spiro atoms. The summed E-state index contributed by atoms with van der Waals surface area (Å²) in [6.07, 6.45) is 1.71. The molecular formula is C11H18N4O2S. The van der Waals surface area contributed by atoms with Crippen LogP contribution in [0.2, 0.25) is 0 Å². The molecule has 0 radical (unpaired) electrons. The highest BCUT2D eigenvalue weighted by Gasteiger charge is 2.10. The van der Waals surface area contributed by atoms with E-state index in [1.807, 2.05) is 5.38 Å². The molecule has 2 rings (SSSR count). The zero-order chi connectivity index (χ0) is 12.6. The van der Waals surface area contributed by atoms with Gasteiger partial charge in [-0.3, -0.25) is 9.69 Å². The Bertz CT molecular complexity index is 352. The van der Waals surface area contributed by atoms with E-state index in [2.05, 4.69) is 20.5 Å². The van der Waals surface area contributed by atoms with Crippen molar-refractivity contribution in [3.8, 4) is 0 Å². The highest BCUT2D eigenvalue weighted by Crippen LogP contribution is 2.08. The summed E-state index contributed by atoms with van der Waals surface area (Å²) in [5, 5.41) is 8.51. The standard InChI is InChI=1S/C11H18N4O2S/c16-10(9-14-11-13-2-8-18-11)12-1-3-15-4-6-17-7-5-15/h2,8H,1,3-7,9H2,(H,12,16)(H,13,14). The Labute approximate surface area is 110 Å². The Morgan fingerprint density at radius 3 is 3.06 bits per heavy atom. The number of amides is 1. The minimum Gasteiger partial charge on any atom is -0.379 e. The van der Waals surface area contributed by atoms with Crippen molar-refractivity contribution in [2.75, 3.05) is 51.3 Å². The minimum atomic E-state index is -0.00143. The number of nitrogens with one attached hydrogen (secondary N) is 2. The normalized spacial score (nSPS) is 16.4. The van der Waals surface area contributed by atoms with E-state index in [4.69, 9.17) is 4.74 Å². The number of carbonyl (C=O) groups excluding carboxylic acids is 1. The van der Waals surface area contributed by atoms with Crippen LogP contribution in [0.15, 0.2) is 11.6 Å². The summed E-state index contributed by atoms with van der Waals surface area (Å²) < 4.78 is 5.26. The van der Waals surface area contributed by atoms with Crippen molar-refractivity contribution in [1.82, 2.24) is 15.2 Å². The Morgan fingerprint density at radius 1 is 1.50 bits per heavy atom. The molecule has 2 N–H and O–H groups in total. The molecule has 0 bridgehead atoms. The van der Waals surface area contributed by atoms with E-state index in [0.29, 0.717) is 6.54 Å². The largest absolute Gasteiger partial charge is 0.379 e. The topological polar surface area (TPSA) is 66.5 Å². The first-order valence-electron chi connectivity index (χ1n) is 6.05. The summed E-state index contributed by atoms with van der Waals surface area (Å²) in [5.41, 5.74) is 0. The molecule has 0 atom stereocenters. The molecule has 1 aliphatic heterocycles. The van der Waals surface area contributed by atoms with Crippen LogP contribution in [0, 0.1) is 0 Å². The molecule has 1 aliphatic rings. The van der Waals surface area contributed by atoms with Gasteiger partial charge in [0, 0.05) is 37.8 Å². The maximum absolute atomic E-state index is 11.5. The molecule has 1 aromatic rings. The van der Waals surface area contributed by atoms with Crippen LogP contribution in [-0.2, 0) is 9.53 Å². The first-order chi connectivity index (χ1) is 8.84. The third-order valence-electron chi connectivity index (χ3n) is 2.69. The predicted octanol–water partition coefficient (Wildman–Crippen LogP) is 0.00340. The smallest absolute Gasteiger partial charge is 0.239 e. The highest BCUT2D eigenvalue weighted by molar-refractivity contribution is 7.13. The lowest BCUT2D eigenvalue weighted by atomic mass is 10.4. The van der Waals surface area contributed by atoms with Gasteiger partial charge in [-0.1, -0.05) is 0 Å². The van der Waals surface area contributed by atoms with Crippen molar-refractivity contribution < 1.29 is 9.53 Å². The number of morpholine rings is 1. The second kappa shape index (κ2) is 7.30. The van der Waals surface area contributed by atoms with Gasteiger partial charge in [0.25, 0.3) is 0 Å². The zero-order valence-electron chi connectivity index (χ0n) is 10.2. The SMILES string of the molecule is O=C(CNc1nccs1)NCCN1CCOCC1. The van der Waals surface area contributed by atoms with Crippen LogP contribution in [0.4, 0.5) is 5.13 Å². The average Bonchev–Trinajstić information content (AvgIpc) is 2.91. The molecule has 1 fully saturated rings. The molecule has 1 saturated heterocycles. The molecule has 0 unspecified atom stereocenters. The highest BCUT2D eigenvalue weighted by atomic mass is 32.1. The van der Waals surface area contributed by atoms with Gasteiger partial charge in [0.15, 0.2) is 5.13 Å². The van der Waals surface area contributed by atoms with E-state index in [0.717, 1.165) is 38.0 Å². The van der Waals surface area contributed by atoms with Crippen LogP contribution in [0.3, 0.4) is 0 Å². The van der Waals surface area contributed by atoms with Crippen LogP contribution < -0.4 is 10.6 Å². The van der Waals surface area contributed by atoms with Crippen LogP contribution >= 0.6 is 11.3 Å². The van der Waals surface area contributed by atoms with Crippen molar-refractivity contribution in [1.29, 1.82) is 0 Å². The molecule has 6 nitrogen and oxygen atoms in total. The van der Waals surface area contributed by atoms with Gasteiger partial charge in [-0.05, 0) is 0 Å². The number of carbonyl (C=O) groups is 1. The maximum atomic E-state index is 11.5. The van der Waals surface area contributed by atoms with Crippen molar-refractivity contribution in [3.63, 3.8) is 0 Å². The van der Waals surface area contributed by atoms with E-state index in [1.165, 1.54) is 11.3 Å². The summed E-state index contributed by atoms with van der Waals surface area (Å²) in [5.74, 6) is -0.00143. The fraction of sp³-hybridized carbons (Fsp3) is 0.636. The van der Waals surface area contributed by atoms with Gasteiger partial charge in [0.05, 0.1) is 19.8 Å².